The van der Waals surface area contributed by atoms with Crippen LogP contribution in [0.4, 0.5) is 0 Å². The molecule has 3 rings (SSSR count). The summed E-state index contributed by atoms with van der Waals surface area (Å²) in [7, 11) is -3.55. The number of hydrogen-bond donors (Lipinski definition) is 0. The van der Waals surface area contributed by atoms with Crippen LogP contribution in [0, 0.1) is 18.8 Å². The van der Waals surface area contributed by atoms with Gasteiger partial charge in [0.05, 0.1) is 10.5 Å². The number of ether oxygens (including phenoxy) is 1. The molecule has 1 heterocycles. The first-order valence-corrected chi connectivity index (χ1v) is 10.6. The van der Waals surface area contributed by atoms with E-state index in [1.165, 1.54) is 24.3 Å². The summed E-state index contributed by atoms with van der Waals surface area (Å²) in [6.45, 7) is 7.12. The monoisotopic (exact) mass is 387 g/mol. The highest BCUT2D eigenvalue weighted by atomic mass is 32.2. The van der Waals surface area contributed by atoms with Crippen LogP contribution in [0.3, 0.4) is 0 Å². The molecule has 0 unspecified atom stereocenters. The van der Waals surface area contributed by atoms with Crippen molar-refractivity contribution in [2.75, 3.05) is 13.1 Å². The van der Waals surface area contributed by atoms with Gasteiger partial charge in [-0.1, -0.05) is 26.0 Å². The molecule has 1 aliphatic heterocycles. The molecule has 0 spiro atoms. The molecule has 2 aromatic carbocycles. The molecular weight excluding hydrogens is 362 g/mol. The maximum absolute atomic E-state index is 12.9. The zero-order chi connectivity index (χ0) is 19.6. The average Bonchev–Trinajstić information content (AvgIpc) is 2.61. The summed E-state index contributed by atoms with van der Waals surface area (Å²) in [5.41, 5.74) is 1.31. The quantitative estimate of drug-likeness (QED) is 0.590. The van der Waals surface area contributed by atoms with Gasteiger partial charge in [-0.3, -0.25) is 0 Å². The summed E-state index contributed by atoms with van der Waals surface area (Å²) in [5.74, 6) is 0.636. The summed E-state index contributed by atoms with van der Waals surface area (Å²) in [6, 6.07) is 13.2. The first kappa shape index (κ1) is 19.6. The smallest absolute Gasteiger partial charge is 0.343 e. The lowest BCUT2D eigenvalue weighted by Gasteiger charge is -2.34. The van der Waals surface area contributed by atoms with E-state index in [1.807, 2.05) is 19.1 Å². The van der Waals surface area contributed by atoms with Crippen LogP contribution in [-0.4, -0.2) is 31.8 Å². The molecule has 0 N–H and O–H groups in total. The molecule has 1 fully saturated rings. The summed E-state index contributed by atoms with van der Waals surface area (Å²) >= 11 is 0. The third-order valence-electron chi connectivity index (χ3n) is 4.76. The Labute approximate surface area is 161 Å². The summed E-state index contributed by atoms with van der Waals surface area (Å²) in [5, 5.41) is 0. The zero-order valence-corrected chi connectivity index (χ0v) is 16.7. The van der Waals surface area contributed by atoms with Crippen molar-refractivity contribution in [3.05, 3.63) is 59.7 Å². The van der Waals surface area contributed by atoms with Crippen molar-refractivity contribution < 1.29 is 17.9 Å². The van der Waals surface area contributed by atoms with Crippen molar-refractivity contribution >= 4 is 16.0 Å². The molecule has 1 saturated heterocycles. The van der Waals surface area contributed by atoms with Gasteiger partial charge in [0.1, 0.15) is 5.75 Å². The van der Waals surface area contributed by atoms with Gasteiger partial charge in [-0.15, -0.1) is 0 Å². The van der Waals surface area contributed by atoms with Gasteiger partial charge in [0, 0.05) is 13.1 Å². The fourth-order valence-corrected chi connectivity index (χ4v) is 5.24. The Kier molecular flexibility index (Phi) is 5.67. The van der Waals surface area contributed by atoms with Crippen LogP contribution in [-0.2, 0) is 10.0 Å². The number of carbonyl (C=O) groups is 1. The van der Waals surface area contributed by atoms with E-state index in [-0.39, 0.29) is 4.90 Å². The maximum Gasteiger partial charge on any atom is 0.343 e. The molecule has 2 aromatic rings. The fraction of sp³-hybridized carbons (Fsp3) is 0.381. The van der Waals surface area contributed by atoms with Gasteiger partial charge >= 0.3 is 5.97 Å². The van der Waals surface area contributed by atoms with Crippen LogP contribution in [0.1, 0.15) is 36.2 Å². The molecule has 1 aliphatic rings. The second-order valence-electron chi connectivity index (χ2n) is 7.50. The lowest BCUT2D eigenvalue weighted by molar-refractivity contribution is 0.0734. The topological polar surface area (TPSA) is 63.7 Å². The SMILES string of the molecule is Cc1cccc(OC(=O)c2ccc(S(=O)(=O)N3C[C@H](C)C[C@H](C)C3)cc2)c1. The first-order chi connectivity index (χ1) is 12.8. The van der Waals surface area contributed by atoms with Crippen LogP contribution in [0.15, 0.2) is 53.4 Å². The van der Waals surface area contributed by atoms with E-state index in [0.717, 1.165) is 12.0 Å². The minimum absolute atomic E-state index is 0.205. The van der Waals surface area contributed by atoms with Gasteiger partial charge in [-0.25, -0.2) is 13.2 Å². The molecule has 0 saturated carbocycles. The van der Waals surface area contributed by atoms with Gasteiger partial charge in [0.25, 0.3) is 0 Å². The fourth-order valence-electron chi connectivity index (χ4n) is 3.56. The van der Waals surface area contributed by atoms with Crippen molar-refractivity contribution in [1.29, 1.82) is 0 Å². The minimum Gasteiger partial charge on any atom is -0.423 e. The normalized spacial score (nSPS) is 21.0. The molecule has 0 bridgehead atoms. The number of aryl methyl sites for hydroxylation is 1. The highest BCUT2D eigenvalue weighted by Crippen LogP contribution is 2.27. The van der Waals surface area contributed by atoms with E-state index in [0.29, 0.717) is 36.2 Å². The maximum atomic E-state index is 12.9. The average molecular weight is 388 g/mol. The van der Waals surface area contributed by atoms with Crippen molar-refractivity contribution in [3.63, 3.8) is 0 Å². The number of hydrogen-bond acceptors (Lipinski definition) is 4. The van der Waals surface area contributed by atoms with E-state index >= 15 is 0 Å². The van der Waals surface area contributed by atoms with Gasteiger partial charge in [0.2, 0.25) is 10.0 Å². The number of nitrogens with zero attached hydrogens (tertiary/aromatic N) is 1. The third kappa shape index (κ3) is 4.57. The van der Waals surface area contributed by atoms with E-state index < -0.39 is 16.0 Å². The Morgan fingerprint density at radius 3 is 2.26 bits per heavy atom. The number of carbonyl (C=O) groups excluding carboxylic acids is 1. The Morgan fingerprint density at radius 1 is 1.04 bits per heavy atom. The van der Waals surface area contributed by atoms with Crippen molar-refractivity contribution in [2.24, 2.45) is 11.8 Å². The molecule has 0 aromatic heterocycles. The van der Waals surface area contributed by atoms with E-state index in [2.05, 4.69) is 13.8 Å². The number of benzene rings is 2. The molecular formula is C21H25NO4S. The lowest BCUT2D eigenvalue weighted by atomic mass is 9.94. The second kappa shape index (κ2) is 7.82. The molecule has 2 atom stereocenters. The Balaban J connectivity index is 1.75. The highest BCUT2D eigenvalue weighted by Gasteiger charge is 2.31. The molecule has 27 heavy (non-hydrogen) atoms. The summed E-state index contributed by atoms with van der Waals surface area (Å²) in [6.07, 6.45) is 1.04. The standard InChI is InChI=1S/C21H25NO4S/c1-15-5-4-6-19(12-15)26-21(23)18-7-9-20(10-8-18)27(24,25)22-13-16(2)11-17(3)14-22/h4-10,12,16-17H,11,13-14H2,1-3H3/t16-,17+. The predicted molar refractivity (Wildman–Crippen MR) is 104 cm³/mol. The van der Waals surface area contributed by atoms with E-state index in [1.54, 1.807) is 16.4 Å². The second-order valence-corrected chi connectivity index (χ2v) is 9.44. The zero-order valence-electron chi connectivity index (χ0n) is 15.9. The summed E-state index contributed by atoms with van der Waals surface area (Å²) in [4.78, 5) is 12.5. The Bertz CT molecular complexity index is 911. The van der Waals surface area contributed by atoms with Gasteiger partial charge < -0.3 is 4.74 Å². The van der Waals surface area contributed by atoms with Crippen molar-refractivity contribution in [2.45, 2.75) is 32.1 Å². The minimum atomic E-state index is -3.55. The van der Waals surface area contributed by atoms with Gasteiger partial charge in [0.15, 0.2) is 0 Å². The van der Waals surface area contributed by atoms with Crippen LogP contribution >= 0.6 is 0 Å². The Morgan fingerprint density at radius 2 is 1.67 bits per heavy atom. The molecule has 5 nitrogen and oxygen atoms in total. The van der Waals surface area contributed by atoms with Crippen LogP contribution in [0.2, 0.25) is 0 Å². The lowest BCUT2D eigenvalue weighted by Crippen LogP contribution is -2.42. The van der Waals surface area contributed by atoms with Crippen molar-refractivity contribution in [1.82, 2.24) is 4.31 Å². The van der Waals surface area contributed by atoms with E-state index in [4.69, 9.17) is 4.74 Å². The number of piperidine rings is 1. The molecule has 0 amide bonds. The Hall–Kier alpha value is -2.18. The van der Waals surface area contributed by atoms with Crippen LogP contribution in [0.25, 0.3) is 0 Å². The number of esters is 1. The molecule has 0 radical (unpaired) electrons. The molecule has 6 heteroatoms. The largest absolute Gasteiger partial charge is 0.423 e. The van der Waals surface area contributed by atoms with Crippen molar-refractivity contribution in [3.8, 4) is 5.75 Å². The third-order valence-corrected chi connectivity index (χ3v) is 6.61. The highest BCUT2D eigenvalue weighted by molar-refractivity contribution is 7.89. The van der Waals surface area contributed by atoms with Crippen LogP contribution in [0.5, 0.6) is 5.75 Å². The number of rotatable bonds is 4. The van der Waals surface area contributed by atoms with Crippen LogP contribution < -0.4 is 4.74 Å². The predicted octanol–water partition coefficient (Wildman–Crippen LogP) is 3.88. The van der Waals surface area contributed by atoms with Gasteiger partial charge in [-0.05, 0) is 67.1 Å². The van der Waals surface area contributed by atoms with Gasteiger partial charge in [-0.2, -0.15) is 4.31 Å². The first-order valence-electron chi connectivity index (χ1n) is 9.15. The summed E-state index contributed by atoms with van der Waals surface area (Å²) < 4.78 is 32.7. The molecule has 0 aliphatic carbocycles. The molecule has 144 valence electrons. The number of sulfonamides is 1. The van der Waals surface area contributed by atoms with E-state index in [9.17, 15) is 13.2 Å².